The van der Waals surface area contributed by atoms with Crippen molar-refractivity contribution in [1.29, 1.82) is 0 Å². The molecule has 0 aromatic rings. The van der Waals surface area contributed by atoms with Crippen molar-refractivity contribution in [3.63, 3.8) is 0 Å². The fourth-order valence-corrected chi connectivity index (χ4v) is 7.31. The number of nitrogens with one attached hydrogen (secondary N) is 1. The highest BCUT2D eigenvalue weighted by Crippen LogP contribution is 2.44. The Kier molecular flexibility index (Phi) is 6.31. The van der Waals surface area contributed by atoms with Crippen LogP contribution in [0.3, 0.4) is 0 Å². The number of rotatable bonds is 6. The average molecular weight is 273 g/mol. The maximum Gasteiger partial charge on any atom is 0.428 e. The molecule has 0 heterocycles. The summed E-state index contributed by atoms with van der Waals surface area (Å²) in [5.41, 5.74) is 0.551. The SMILES string of the molecule is CCC(C)N[Si](OC)(OC)C1C(C)CCCC1C. The van der Waals surface area contributed by atoms with Gasteiger partial charge in [-0.25, -0.2) is 0 Å². The van der Waals surface area contributed by atoms with Crippen LogP contribution in [0.5, 0.6) is 0 Å². The molecule has 1 aliphatic rings. The Morgan fingerprint density at radius 1 is 1.17 bits per heavy atom. The van der Waals surface area contributed by atoms with Gasteiger partial charge in [-0.15, -0.1) is 0 Å². The maximum atomic E-state index is 5.95. The Balaban J connectivity index is 2.93. The van der Waals surface area contributed by atoms with Gasteiger partial charge in [0, 0.05) is 25.8 Å². The topological polar surface area (TPSA) is 30.5 Å². The summed E-state index contributed by atoms with van der Waals surface area (Å²) in [6.45, 7) is 9.14. The summed E-state index contributed by atoms with van der Waals surface area (Å²) in [6, 6.07) is 0.456. The van der Waals surface area contributed by atoms with Gasteiger partial charge in [-0.2, -0.15) is 0 Å². The van der Waals surface area contributed by atoms with E-state index in [-0.39, 0.29) is 0 Å². The van der Waals surface area contributed by atoms with E-state index in [2.05, 4.69) is 32.7 Å². The van der Waals surface area contributed by atoms with E-state index in [1.165, 1.54) is 19.3 Å². The maximum absolute atomic E-state index is 5.95. The monoisotopic (exact) mass is 273 g/mol. The van der Waals surface area contributed by atoms with E-state index < -0.39 is 8.72 Å². The summed E-state index contributed by atoms with van der Waals surface area (Å²) in [7, 11) is 1.33. The normalized spacial score (nSPS) is 31.3. The molecule has 3 unspecified atom stereocenters. The van der Waals surface area contributed by atoms with Crippen LogP contribution in [0, 0.1) is 11.8 Å². The summed E-state index contributed by atoms with van der Waals surface area (Å²) in [5, 5.41) is 0. The van der Waals surface area contributed by atoms with Crippen LogP contribution in [0.1, 0.15) is 53.4 Å². The molecule has 3 nitrogen and oxygen atoms in total. The minimum absolute atomic E-state index is 0.456. The molecule has 0 aliphatic heterocycles. The third-order valence-corrected chi connectivity index (χ3v) is 8.77. The highest BCUT2D eigenvalue weighted by atomic mass is 28.4. The minimum atomic E-state index is -2.30. The smallest absolute Gasteiger partial charge is 0.386 e. The van der Waals surface area contributed by atoms with E-state index in [1.54, 1.807) is 0 Å². The van der Waals surface area contributed by atoms with Crippen molar-refractivity contribution in [2.45, 2.75) is 65.0 Å². The Labute approximate surface area is 114 Å². The van der Waals surface area contributed by atoms with Crippen LogP contribution in [0.2, 0.25) is 5.54 Å². The Bertz CT molecular complexity index is 236. The molecule has 0 saturated heterocycles. The molecule has 0 spiro atoms. The molecule has 0 amide bonds. The second-order valence-electron chi connectivity index (χ2n) is 5.94. The van der Waals surface area contributed by atoms with E-state index in [1.807, 2.05) is 14.2 Å². The van der Waals surface area contributed by atoms with E-state index in [4.69, 9.17) is 8.85 Å². The summed E-state index contributed by atoms with van der Waals surface area (Å²) in [6.07, 6.45) is 5.06. The molecular weight excluding hydrogens is 242 g/mol. The molecule has 0 bridgehead atoms. The van der Waals surface area contributed by atoms with Crippen LogP contribution in [-0.2, 0) is 8.85 Å². The van der Waals surface area contributed by atoms with Gasteiger partial charge < -0.3 is 8.85 Å². The molecule has 0 radical (unpaired) electrons. The first-order chi connectivity index (χ1) is 8.50. The average Bonchev–Trinajstić information content (AvgIpc) is 2.36. The molecule has 18 heavy (non-hydrogen) atoms. The molecular formula is C14H31NO2Si. The first-order valence-corrected chi connectivity index (χ1v) is 9.28. The molecule has 0 aromatic carbocycles. The van der Waals surface area contributed by atoms with Crippen molar-refractivity contribution in [2.75, 3.05) is 14.2 Å². The van der Waals surface area contributed by atoms with Crippen LogP contribution >= 0.6 is 0 Å². The summed E-state index contributed by atoms with van der Waals surface area (Å²) in [5.74, 6) is 1.38. The van der Waals surface area contributed by atoms with Crippen molar-refractivity contribution in [3.8, 4) is 0 Å². The lowest BCUT2D eigenvalue weighted by Crippen LogP contribution is -2.64. The van der Waals surface area contributed by atoms with Gasteiger partial charge in [0.2, 0.25) is 0 Å². The van der Waals surface area contributed by atoms with E-state index >= 15 is 0 Å². The molecule has 1 aliphatic carbocycles. The van der Waals surface area contributed by atoms with Crippen molar-refractivity contribution >= 4 is 8.72 Å². The lowest BCUT2D eigenvalue weighted by Gasteiger charge is -2.45. The summed E-state index contributed by atoms with van der Waals surface area (Å²) in [4.78, 5) is 3.70. The van der Waals surface area contributed by atoms with Crippen molar-refractivity contribution in [3.05, 3.63) is 0 Å². The quantitative estimate of drug-likeness (QED) is 0.752. The lowest BCUT2D eigenvalue weighted by molar-refractivity contribution is 0.159. The van der Waals surface area contributed by atoms with Gasteiger partial charge in [0.15, 0.2) is 0 Å². The van der Waals surface area contributed by atoms with Crippen LogP contribution in [0.15, 0.2) is 0 Å². The molecule has 3 atom stereocenters. The number of hydrogen-bond donors (Lipinski definition) is 1. The van der Waals surface area contributed by atoms with Crippen molar-refractivity contribution in [2.24, 2.45) is 11.8 Å². The van der Waals surface area contributed by atoms with Crippen molar-refractivity contribution < 1.29 is 8.85 Å². The number of hydrogen-bond acceptors (Lipinski definition) is 3. The molecule has 1 N–H and O–H groups in total. The second kappa shape index (κ2) is 7.03. The van der Waals surface area contributed by atoms with Crippen LogP contribution < -0.4 is 4.98 Å². The lowest BCUT2D eigenvalue weighted by atomic mass is 9.83. The highest BCUT2D eigenvalue weighted by Gasteiger charge is 2.51. The second-order valence-corrected chi connectivity index (χ2v) is 9.05. The van der Waals surface area contributed by atoms with E-state index in [9.17, 15) is 0 Å². The van der Waals surface area contributed by atoms with Gasteiger partial charge in [-0.1, -0.05) is 47.0 Å². The zero-order chi connectivity index (χ0) is 13.8. The van der Waals surface area contributed by atoms with Gasteiger partial charge in [0.1, 0.15) is 0 Å². The predicted octanol–water partition coefficient (Wildman–Crippen LogP) is 3.43. The molecule has 1 fully saturated rings. The molecule has 0 aromatic heterocycles. The van der Waals surface area contributed by atoms with Crippen molar-refractivity contribution in [1.82, 2.24) is 4.98 Å². The van der Waals surface area contributed by atoms with Gasteiger partial charge in [-0.05, 0) is 18.3 Å². The summed E-state index contributed by atoms with van der Waals surface area (Å²) < 4.78 is 11.9. The molecule has 1 rings (SSSR count). The minimum Gasteiger partial charge on any atom is -0.386 e. The van der Waals surface area contributed by atoms with E-state index in [0.717, 1.165) is 6.42 Å². The zero-order valence-corrected chi connectivity index (χ0v) is 14.0. The largest absolute Gasteiger partial charge is 0.428 e. The third-order valence-electron chi connectivity index (χ3n) is 4.65. The van der Waals surface area contributed by atoms with Gasteiger partial charge in [0.25, 0.3) is 0 Å². The zero-order valence-electron chi connectivity index (χ0n) is 13.0. The Morgan fingerprint density at radius 2 is 1.67 bits per heavy atom. The highest BCUT2D eigenvalue weighted by molar-refractivity contribution is 6.66. The Morgan fingerprint density at radius 3 is 2.06 bits per heavy atom. The molecule has 4 heteroatoms. The first-order valence-electron chi connectivity index (χ1n) is 7.38. The van der Waals surface area contributed by atoms with Crippen LogP contribution in [0.25, 0.3) is 0 Å². The fraction of sp³-hybridized carbons (Fsp3) is 1.00. The molecule has 108 valence electrons. The van der Waals surface area contributed by atoms with Crippen LogP contribution in [-0.4, -0.2) is 29.0 Å². The third kappa shape index (κ3) is 3.35. The first kappa shape index (κ1) is 16.2. The van der Waals surface area contributed by atoms with Gasteiger partial charge >= 0.3 is 8.72 Å². The van der Waals surface area contributed by atoms with Gasteiger partial charge in [0.05, 0.1) is 0 Å². The summed E-state index contributed by atoms with van der Waals surface area (Å²) >= 11 is 0. The predicted molar refractivity (Wildman–Crippen MR) is 78.6 cm³/mol. The Hall–Kier alpha value is 0.0969. The van der Waals surface area contributed by atoms with Gasteiger partial charge in [-0.3, -0.25) is 4.98 Å². The van der Waals surface area contributed by atoms with E-state index in [0.29, 0.717) is 23.4 Å². The van der Waals surface area contributed by atoms with Crippen LogP contribution in [0.4, 0.5) is 0 Å². The standard InChI is InChI=1S/C14H31NO2Si/c1-7-13(4)15-18(16-5,17-6)14-11(2)9-8-10-12(14)3/h11-15H,7-10H2,1-6H3. The molecule has 1 saturated carbocycles. The fourth-order valence-electron chi connectivity index (χ4n) is 3.45.